The maximum absolute atomic E-state index is 12.3. The van der Waals surface area contributed by atoms with Crippen molar-refractivity contribution in [3.8, 4) is 0 Å². The van der Waals surface area contributed by atoms with Gasteiger partial charge in [-0.1, -0.05) is 125 Å². The van der Waals surface area contributed by atoms with E-state index >= 15 is 0 Å². The van der Waals surface area contributed by atoms with E-state index in [2.05, 4.69) is 79.1 Å². The number of hydrogen-bond acceptors (Lipinski definition) is 7. The molecule has 0 saturated heterocycles. The van der Waals surface area contributed by atoms with Gasteiger partial charge < -0.3 is 24.4 Å². The first-order valence-electron chi connectivity index (χ1n) is 19.0. The number of carbonyl (C=O) groups is 2. The number of unbranched alkanes of at least 4 members (excludes halogenated alkanes) is 8. The molecule has 0 radical (unpaired) electrons. The number of phosphoric ester groups is 1. The van der Waals surface area contributed by atoms with Crippen molar-refractivity contribution >= 4 is 19.8 Å². The predicted molar refractivity (Wildman–Crippen MR) is 208 cm³/mol. The quantitative estimate of drug-likeness (QED) is 0.0198. The zero-order valence-corrected chi connectivity index (χ0v) is 32.2. The molecule has 0 unspecified atom stereocenters. The summed E-state index contributed by atoms with van der Waals surface area (Å²) >= 11 is 0. The number of phosphoric acid groups is 1. The zero-order valence-electron chi connectivity index (χ0n) is 31.3. The highest BCUT2D eigenvalue weighted by Gasteiger charge is 2.23. The van der Waals surface area contributed by atoms with E-state index in [4.69, 9.17) is 19.3 Å². The van der Waals surface area contributed by atoms with Gasteiger partial charge in [-0.05, 0) is 83.5 Å². The lowest BCUT2D eigenvalue weighted by molar-refractivity contribution is -0.161. The molecule has 0 rings (SSSR count). The van der Waals surface area contributed by atoms with Crippen LogP contribution in [0.2, 0.25) is 0 Å². The fourth-order valence-electron chi connectivity index (χ4n) is 4.60. The van der Waals surface area contributed by atoms with Crippen LogP contribution < -0.4 is 0 Å². The average Bonchev–Trinajstić information content (AvgIpc) is 3.09. The van der Waals surface area contributed by atoms with Gasteiger partial charge >= 0.3 is 19.8 Å². The standard InChI is InChI=1S/C41H67O9P/c1-3-5-7-9-11-13-15-17-18-20-22-24-26-28-30-34-41(44)50-39(37-49-51(45,46)47)36-48-40(43)35-31-33-38(42)32-29-27-25-23-21-19-16-14-12-10-8-6-4-2/h11-14,17-19,21-22,24-25,27,29,32,38-39,42H,3-10,15-16,20,23,26,28,30-31,33-37H2,1-2H3,(H2,45,46,47)/b13-11-,14-12-,18-17-,21-19-,24-22-,27-25-,32-29+/t38-,39-/m1/s1. The summed E-state index contributed by atoms with van der Waals surface area (Å²) in [6.07, 6.45) is 43.4. The van der Waals surface area contributed by atoms with Crippen LogP contribution in [0, 0.1) is 0 Å². The van der Waals surface area contributed by atoms with Gasteiger partial charge in [-0.15, -0.1) is 0 Å². The molecule has 0 fully saturated rings. The Bertz CT molecular complexity index is 1110. The molecule has 0 aliphatic carbocycles. The lowest BCUT2D eigenvalue weighted by Crippen LogP contribution is -2.29. The molecule has 9 nitrogen and oxygen atoms in total. The highest BCUT2D eigenvalue weighted by atomic mass is 31.2. The van der Waals surface area contributed by atoms with E-state index in [0.29, 0.717) is 19.3 Å². The maximum Gasteiger partial charge on any atom is 0.469 e. The van der Waals surface area contributed by atoms with Crippen molar-refractivity contribution in [1.29, 1.82) is 0 Å². The predicted octanol–water partition coefficient (Wildman–Crippen LogP) is 10.3. The molecule has 51 heavy (non-hydrogen) atoms. The summed E-state index contributed by atoms with van der Waals surface area (Å²) in [4.78, 5) is 42.7. The fourth-order valence-corrected chi connectivity index (χ4v) is 4.96. The van der Waals surface area contributed by atoms with E-state index in [0.717, 1.165) is 51.4 Å². The summed E-state index contributed by atoms with van der Waals surface area (Å²) < 4.78 is 26.1. The Morgan fingerprint density at radius 3 is 1.63 bits per heavy atom. The molecule has 0 aromatic rings. The van der Waals surface area contributed by atoms with Crippen LogP contribution in [-0.4, -0.2) is 52.3 Å². The van der Waals surface area contributed by atoms with Crippen LogP contribution >= 0.6 is 7.82 Å². The Hall–Kier alpha value is -2.81. The van der Waals surface area contributed by atoms with Crippen molar-refractivity contribution in [2.75, 3.05) is 13.2 Å². The number of aliphatic hydroxyl groups is 1. The Morgan fingerprint density at radius 2 is 1.10 bits per heavy atom. The number of esters is 2. The first kappa shape index (κ1) is 48.2. The number of aliphatic hydroxyl groups excluding tert-OH is 1. The van der Waals surface area contributed by atoms with Gasteiger partial charge in [0.05, 0.1) is 12.7 Å². The van der Waals surface area contributed by atoms with Crippen LogP contribution in [0.5, 0.6) is 0 Å². The summed E-state index contributed by atoms with van der Waals surface area (Å²) in [6.45, 7) is 3.40. The lowest BCUT2D eigenvalue weighted by Gasteiger charge is -2.18. The Kier molecular flexibility index (Phi) is 33.6. The second kappa shape index (κ2) is 35.6. The van der Waals surface area contributed by atoms with Crippen LogP contribution in [0.15, 0.2) is 85.1 Å². The molecule has 10 heteroatoms. The summed E-state index contributed by atoms with van der Waals surface area (Å²) in [5, 5.41) is 10.2. The van der Waals surface area contributed by atoms with E-state index in [-0.39, 0.29) is 12.8 Å². The maximum atomic E-state index is 12.3. The zero-order chi connectivity index (χ0) is 37.7. The van der Waals surface area contributed by atoms with Crippen molar-refractivity contribution in [3.63, 3.8) is 0 Å². The number of carbonyl (C=O) groups excluding carboxylic acids is 2. The van der Waals surface area contributed by atoms with Crippen molar-refractivity contribution < 1.29 is 43.0 Å². The summed E-state index contributed by atoms with van der Waals surface area (Å²) in [5.74, 6) is -1.14. The van der Waals surface area contributed by atoms with Gasteiger partial charge in [-0.25, -0.2) is 4.57 Å². The largest absolute Gasteiger partial charge is 0.469 e. The van der Waals surface area contributed by atoms with E-state index in [9.17, 15) is 19.3 Å². The van der Waals surface area contributed by atoms with Crippen molar-refractivity contribution in [1.82, 2.24) is 0 Å². The summed E-state index contributed by atoms with van der Waals surface area (Å²) in [7, 11) is -4.81. The topological polar surface area (TPSA) is 140 Å². The fraction of sp³-hybridized carbons (Fsp3) is 0.610. The minimum atomic E-state index is -4.81. The van der Waals surface area contributed by atoms with E-state index in [1.165, 1.54) is 38.5 Å². The minimum Gasteiger partial charge on any atom is -0.462 e. The van der Waals surface area contributed by atoms with Gasteiger partial charge in [0, 0.05) is 12.8 Å². The first-order chi connectivity index (χ1) is 24.7. The molecule has 0 aliphatic rings. The van der Waals surface area contributed by atoms with Crippen LogP contribution in [0.25, 0.3) is 0 Å². The van der Waals surface area contributed by atoms with E-state index < -0.39 is 45.2 Å². The van der Waals surface area contributed by atoms with Crippen molar-refractivity contribution in [2.24, 2.45) is 0 Å². The highest BCUT2D eigenvalue weighted by Crippen LogP contribution is 2.35. The SMILES string of the molecule is CCCCC/C=C\C/C=C\C/C=C\C=C\[C@@H](O)CCCC(=O)OC[C@H](COP(=O)(O)O)OC(=O)CCCC/C=C\C/C=C\C/C=C\CCCCC. The Balaban J connectivity index is 4.27. The highest BCUT2D eigenvalue weighted by molar-refractivity contribution is 7.46. The third-order valence-corrected chi connectivity index (χ3v) is 7.98. The van der Waals surface area contributed by atoms with Crippen LogP contribution in [0.3, 0.4) is 0 Å². The molecular formula is C41H67O9P. The average molecular weight is 735 g/mol. The molecular weight excluding hydrogens is 667 g/mol. The third-order valence-electron chi connectivity index (χ3n) is 7.49. The Labute approximate surface area is 308 Å². The van der Waals surface area contributed by atoms with Crippen LogP contribution in [0.1, 0.15) is 136 Å². The number of hydrogen-bond donors (Lipinski definition) is 3. The number of rotatable bonds is 33. The van der Waals surface area contributed by atoms with Gasteiger partial charge in [-0.2, -0.15) is 0 Å². The minimum absolute atomic E-state index is 0.0259. The first-order valence-corrected chi connectivity index (χ1v) is 20.5. The van der Waals surface area contributed by atoms with Gasteiger partial charge in [0.2, 0.25) is 0 Å². The van der Waals surface area contributed by atoms with Gasteiger partial charge in [0.25, 0.3) is 0 Å². The van der Waals surface area contributed by atoms with Crippen LogP contribution in [0.4, 0.5) is 0 Å². The lowest BCUT2D eigenvalue weighted by atomic mass is 10.1. The molecule has 0 bridgehead atoms. The number of allylic oxidation sites excluding steroid dienone is 13. The molecule has 0 spiro atoms. The Morgan fingerprint density at radius 1 is 0.608 bits per heavy atom. The molecule has 0 aromatic carbocycles. The summed E-state index contributed by atoms with van der Waals surface area (Å²) in [5.41, 5.74) is 0. The molecule has 0 aliphatic heterocycles. The molecule has 290 valence electrons. The third kappa shape index (κ3) is 38.3. The van der Waals surface area contributed by atoms with Crippen molar-refractivity contribution in [2.45, 2.75) is 148 Å². The molecule has 0 saturated carbocycles. The van der Waals surface area contributed by atoms with Crippen molar-refractivity contribution in [3.05, 3.63) is 85.1 Å². The normalized spacial score (nSPS) is 14.1. The second-order valence-corrected chi connectivity index (χ2v) is 13.6. The van der Waals surface area contributed by atoms with Gasteiger partial charge in [0.1, 0.15) is 6.61 Å². The molecule has 0 heterocycles. The van der Waals surface area contributed by atoms with Gasteiger partial charge in [-0.3, -0.25) is 14.1 Å². The summed E-state index contributed by atoms with van der Waals surface area (Å²) in [6, 6.07) is 0. The molecule has 0 aromatic heterocycles. The number of ether oxygens (including phenoxy) is 2. The molecule has 0 amide bonds. The molecule has 3 N–H and O–H groups in total. The van der Waals surface area contributed by atoms with E-state index in [1.54, 1.807) is 12.2 Å². The van der Waals surface area contributed by atoms with E-state index in [1.807, 2.05) is 12.2 Å². The van der Waals surface area contributed by atoms with Crippen LogP contribution in [-0.2, 0) is 28.2 Å². The molecule has 2 atom stereocenters. The van der Waals surface area contributed by atoms with Gasteiger partial charge in [0.15, 0.2) is 6.10 Å². The smallest absolute Gasteiger partial charge is 0.462 e. The monoisotopic (exact) mass is 734 g/mol. The second-order valence-electron chi connectivity index (χ2n) is 12.4.